The number of sulfonamides is 1. The number of nitrogens with one attached hydrogen (secondary N) is 1. The van der Waals surface area contributed by atoms with Gasteiger partial charge in [0, 0.05) is 19.2 Å². The van der Waals surface area contributed by atoms with Crippen molar-refractivity contribution in [3.8, 4) is 0 Å². The lowest BCUT2D eigenvalue weighted by molar-refractivity contribution is 0.102. The summed E-state index contributed by atoms with van der Waals surface area (Å²) in [6.45, 7) is 2.45. The summed E-state index contributed by atoms with van der Waals surface area (Å²) < 4.78 is 27.1. The minimum absolute atomic E-state index is 0.145. The highest BCUT2D eigenvalue weighted by Crippen LogP contribution is 2.36. The van der Waals surface area contributed by atoms with Gasteiger partial charge in [0.1, 0.15) is 5.52 Å². The van der Waals surface area contributed by atoms with E-state index in [4.69, 9.17) is 23.2 Å². The maximum atomic E-state index is 12.6. The van der Waals surface area contributed by atoms with Crippen LogP contribution in [-0.4, -0.2) is 37.2 Å². The van der Waals surface area contributed by atoms with E-state index in [1.165, 1.54) is 39.9 Å². The molecule has 3 aromatic rings. The summed E-state index contributed by atoms with van der Waals surface area (Å²) in [5, 5.41) is 4.01. The van der Waals surface area contributed by atoms with Crippen molar-refractivity contribution in [3.63, 3.8) is 0 Å². The zero-order chi connectivity index (χ0) is 21.2. The van der Waals surface area contributed by atoms with E-state index >= 15 is 0 Å². The maximum absolute atomic E-state index is 12.6. The molecule has 0 bridgehead atoms. The highest BCUT2D eigenvalue weighted by molar-refractivity contribution is 7.89. The van der Waals surface area contributed by atoms with Crippen LogP contribution in [0.15, 0.2) is 41.3 Å². The van der Waals surface area contributed by atoms with Crippen molar-refractivity contribution in [3.05, 3.63) is 52.0 Å². The Balaban J connectivity index is 1.77. The second-order valence-electron chi connectivity index (χ2n) is 6.38. The summed E-state index contributed by atoms with van der Waals surface area (Å²) in [4.78, 5) is 17.0. The van der Waals surface area contributed by atoms with E-state index in [9.17, 15) is 13.2 Å². The molecule has 0 radical (unpaired) electrons. The molecular weight excluding hydrogens is 453 g/mol. The Morgan fingerprint density at radius 2 is 1.79 bits per heavy atom. The minimum Gasteiger partial charge on any atom is -0.298 e. The number of rotatable bonds is 7. The fourth-order valence-electron chi connectivity index (χ4n) is 2.63. The molecule has 1 N–H and O–H groups in total. The molecule has 154 valence electrons. The lowest BCUT2D eigenvalue weighted by Gasteiger charge is -2.16. The molecule has 0 aliphatic heterocycles. The number of benzene rings is 2. The average Bonchev–Trinajstić information content (AvgIpc) is 3.14. The topological polar surface area (TPSA) is 79.4 Å². The van der Waals surface area contributed by atoms with Gasteiger partial charge in [-0.25, -0.2) is 17.7 Å². The van der Waals surface area contributed by atoms with Crippen molar-refractivity contribution in [1.29, 1.82) is 0 Å². The molecule has 0 aliphatic carbocycles. The number of hydrogen-bond donors (Lipinski definition) is 1. The summed E-state index contributed by atoms with van der Waals surface area (Å²) in [5.41, 5.74) is 0.840. The Labute approximate surface area is 183 Å². The lowest BCUT2D eigenvalue weighted by Crippen LogP contribution is -2.28. The fraction of sp³-hybridized carbons (Fsp3) is 0.263. The first-order valence-corrected chi connectivity index (χ1v) is 11.9. The molecule has 1 heterocycles. The van der Waals surface area contributed by atoms with Crippen LogP contribution in [0, 0.1) is 0 Å². The van der Waals surface area contributed by atoms with Gasteiger partial charge in [-0.2, -0.15) is 0 Å². The van der Waals surface area contributed by atoms with E-state index in [1.807, 2.05) is 6.92 Å². The van der Waals surface area contributed by atoms with Gasteiger partial charge in [0.2, 0.25) is 10.0 Å². The number of unbranched alkanes of at least 4 members (excludes halogenated alkanes) is 1. The number of thiazole rings is 1. The van der Waals surface area contributed by atoms with E-state index in [0.29, 0.717) is 37.5 Å². The third-order valence-electron chi connectivity index (χ3n) is 4.32. The van der Waals surface area contributed by atoms with Crippen LogP contribution in [0.2, 0.25) is 10.0 Å². The SMILES string of the molecule is CCCCN(C)S(=O)(=O)c1ccc(C(=O)Nc2nc3c(Cl)ccc(Cl)c3s2)cc1. The first-order chi connectivity index (χ1) is 13.7. The van der Waals surface area contributed by atoms with Gasteiger partial charge in [0.05, 0.1) is 19.6 Å². The normalized spacial score (nSPS) is 11.9. The van der Waals surface area contributed by atoms with Crippen LogP contribution in [0.4, 0.5) is 5.13 Å². The summed E-state index contributed by atoms with van der Waals surface area (Å²) in [6.07, 6.45) is 1.69. The van der Waals surface area contributed by atoms with Crippen LogP contribution >= 0.6 is 34.5 Å². The quantitative estimate of drug-likeness (QED) is 0.508. The largest absolute Gasteiger partial charge is 0.298 e. The number of hydrogen-bond acceptors (Lipinski definition) is 5. The van der Waals surface area contributed by atoms with Crippen molar-refractivity contribution < 1.29 is 13.2 Å². The molecule has 10 heteroatoms. The van der Waals surface area contributed by atoms with Crippen molar-refractivity contribution in [2.45, 2.75) is 24.7 Å². The smallest absolute Gasteiger partial charge is 0.257 e. The number of carbonyl (C=O) groups is 1. The summed E-state index contributed by atoms with van der Waals surface area (Å²) in [5.74, 6) is -0.403. The van der Waals surface area contributed by atoms with Gasteiger partial charge in [-0.3, -0.25) is 10.1 Å². The molecule has 6 nitrogen and oxygen atoms in total. The number of halogens is 2. The monoisotopic (exact) mass is 471 g/mol. The van der Waals surface area contributed by atoms with Crippen LogP contribution in [0.25, 0.3) is 10.2 Å². The lowest BCUT2D eigenvalue weighted by atomic mass is 10.2. The Kier molecular flexibility index (Phi) is 6.80. The van der Waals surface area contributed by atoms with Crippen LogP contribution < -0.4 is 5.32 Å². The third-order valence-corrected chi connectivity index (χ3v) is 7.93. The standard InChI is InChI=1S/C19H19Cl2N3O3S2/c1-3-4-11-24(2)29(26,27)13-7-5-12(6-8-13)18(25)23-19-22-16-14(20)9-10-15(21)17(16)28-19/h5-10H,3-4,11H2,1-2H3,(H,22,23,25). The van der Waals surface area contributed by atoms with Crippen molar-refractivity contribution in [2.75, 3.05) is 18.9 Å². The molecule has 0 atom stereocenters. The number of carbonyl (C=O) groups excluding carboxylic acids is 1. The molecule has 0 aliphatic rings. The van der Waals surface area contributed by atoms with Crippen LogP contribution in [0.1, 0.15) is 30.1 Å². The molecule has 0 saturated carbocycles. The average molecular weight is 472 g/mol. The number of anilines is 1. The second kappa shape index (κ2) is 8.97. The zero-order valence-electron chi connectivity index (χ0n) is 15.8. The number of fused-ring (bicyclic) bond motifs is 1. The maximum Gasteiger partial charge on any atom is 0.257 e. The molecule has 0 unspecified atom stereocenters. The van der Waals surface area contributed by atoms with E-state index in [0.717, 1.165) is 12.8 Å². The van der Waals surface area contributed by atoms with Gasteiger partial charge < -0.3 is 0 Å². The molecule has 2 aromatic carbocycles. The summed E-state index contributed by atoms with van der Waals surface area (Å²) in [7, 11) is -2.03. The van der Waals surface area contributed by atoms with Gasteiger partial charge in [-0.1, -0.05) is 47.9 Å². The van der Waals surface area contributed by atoms with Crippen molar-refractivity contribution in [2.24, 2.45) is 0 Å². The second-order valence-corrected chi connectivity index (χ2v) is 10.2. The number of amides is 1. The van der Waals surface area contributed by atoms with Gasteiger partial charge in [-0.15, -0.1) is 0 Å². The van der Waals surface area contributed by atoms with Gasteiger partial charge in [-0.05, 0) is 42.8 Å². The molecule has 0 saturated heterocycles. The third kappa shape index (κ3) is 4.73. The Morgan fingerprint density at radius 3 is 2.41 bits per heavy atom. The highest BCUT2D eigenvalue weighted by atomic mass is 35.5. The molecule has 1 aromatic heterocycles. The Morgan fingerprint density at radius 1 is 1.14 bits per heavy atom. The van der Waals surface area contributed by atoms with Crippen LogP contribution in [-0.2, 0) is 10.0 Å². The summed E-state index contributed by atoms with van der Waals surface area (Å²) in [6, 6.07) is 9.13. The van der Waals surface area contributed by atoms with Crippen molar-refractivity contribution in [1.82, 2.24) is 9.29 Å². The Bertz CT molecular complexity index is 1110. The van der Waals surface area contributed by atoms with Crippen molar-refractivity contribution >= 4 is 65.8 Å². The molecule has 1 amide bonds. The molecule has 0 fully saturated rings. The molecular formula is C19H19Cl2N3O3S2. The van der Waals surface area contributed by atoms with Gasteiger partial charge in [0.25, 0.3) is 5.91 Å². The number of aromatic nitrogens is 1. The van der Waals surface area contributed by atoms with Crippen LogP contribution in [0.3, 0.4) is 0 Å². The first kappa shape index (κ1) is 22.0. The summed E-state index contributed by atoms with van der Waals surface area (Å²) >= 11 is 13.5. The minimum atomic E-state index is -3.58. The predicted molar refractivity (Wildman–Crippen MR) is 119 cm³/mol. The van der Waals surface area contributed by atoms with E-state index in [2.05, 4.69) is 10.3 Å². The number of nitrogens with zero attached hydrogens (tertiary/aromatic N) is 2. The van der Waals surface area contributed by atoms with E-state index in [1.54, 1.807) is 19.2 Å². The van der Waals surface area contributed by atoms with E-state index in [-0.39, 0.29) is 4.90 Å². The Hall–Kier alpha value is -1.71. The zero-order valence-corrected chi connectivity index (χ0v) is 18.9. The van der Waals surface area contributed by atoms with Gasteiger partial charge in [0.15, 0.2) is 5.13 Å². The molecule has 0 spiro atoms. The fourth-order valence-corrected chi connectivity index (χ4v) is 5.25. The molecule has 29 heavy (non-hydrogen) atoms. The highest BCUT2D eigenvalue weighted by Gasteiger charge is 2.21. The van der Waals surface area contributed by atoms with Crippen LogP contribution in [0.5, 0.6) is 0 Å². The van der Waals surface area contributed by atoms with Gasteiger partial charge >= 0.3 is 0 Å². The van der Waals surface area contributed by atoms with E-state index < -0.39 is 15.9 Å². The predicted octanol–water partition coefficient (Wildman–Crippen LogP) is 5.28. The molecule has 3 rings (SSSR count). The first-order valence-electron chi connectivity index (χ1n) is 8.86.